The van der Waals surface area contributed by atoms with Crippen LogP contribution in [0.4, 0.5) is 10.1 Å². The summed E-state index contributed by atoms with van der Waals surface area (Å²) in [5, 5.41) is 12.9. The van der Waals surface area contributed by atoms with Crippen LogP contribution in [0.25, 0.3) is 0 Å². The average molecular weight is 344 g/mol. The highest BCUT2D eigenvalue weighted by Gasteiger charge is 2.28. The molecule has 2 N–H and O–H groups in total. The third-order valence-corrected chi connectivity index (χ3v) is 5.09. The second-order valence-corrected chi connectivity index (χ2v) is 6.66. The van der Waals surface area contributed by atoms with Gasteiger partial charge in [-0.3, -0.25) is 4.98 Å². The van der Waals surface area contributed by atoms with E-state index in [1.807, 2.05) is 18.2 Å². The summed E-state index contributed by atoms with van der Waals surface area (Å²) in [5.74, 6) is 0.154. The number of hydrogen-bond donors (Lipinski definition) is 2. The van der Waals surface area contributed by atoms with Gasteiger partial charge in [-0.25, -0.2) is 4.39 Å². The Morgan fingerprint density at radius 3 is 2.71 bits per heavy atom. The molecule has 2 unspecified atom stereocenters. The van der Waals surface area contributed by atoms with Gasteiger partial charge in [0.25, 0.3) is 0 Å². The maximum atomic E-state index is 13.8. The van der Waals surface area contributed by atoms with Gasteiger partial charge in [-0.2, -0.15) is 0 Å². The van der Waals surface area contributed by atoms with Crippen molar-refractivity contribution < 1.29 is 9.50 Å². The number of aliphatic hydroxyl groups is 1. The zero-order chi connectivity index (χ0) is 16.9. The summed E-state index contributed by atoms with van der Waals surface area (Å²) < 4.78 is 13.8. The Kier molecular flexibility index (Phi) is 5.53. The molecule has 1 aliphatic carbocycles. The van der Waals surface area contributed by atoms with E-state index in [-0.39, 0.29) is 24.3 Å². The summed E-state index contributed by atoms with van der Waals surface area (Å²) in [6.45, 7) is 0.163. The first kappa shape index (κ1) is 17.0. The van der Waals surface area contributed by atoms with Crippen molar-refractivity contribution in [1.82, 2.24) is 4.98 Å². The quantitative estimate of drug-likeness (QED) is 0.813. The lowest BCUT2D eigenvalue weighted by Gasteiger charge is -2.32. The Morgan fingerprint density at radius 1 is 1.21 bits per heavy atom. The zero-order valence-electron chi connectivity index (χ0n) is 13.4. The van der Waals surface area contributed by atoms with Crippen molar-refractivity contribution in [2.45, 2.75) is 31.6 Å². The minimum Gasteiger partial charge on any atom is -0.396 e. The molecule has 0 bridgehead atoms. The molecule has 0 spiro atoms. The Balaban J connectivity index is 1.89. The fraction of sp³-hybridized carbons (Fsp3) is 0.368. The molecular weight excluding hydrogens is 323 g/mol. The number of anilines is 1. The fourth-order valence-corrected chi connectivity index (χ4v) is 3.74. The number of aromatic nitrogens is 1. The molecule has 126 valence electrons. The predicted molar refractivity (Wildman–Crippen MR) is 97.7 cm³/mol. The molecule has 0 radical (unpaired) electrons. The number of benzene rings is 1. The molecule has 24 heavy (non-hydrogen) atoms. The van der Waals surface area contributed by atoms with Crippen LogP contribution in [0.5, 0.6) is 0 Å². The number of nitrogens with one attached hydrogen (secondary N) is 1. The molecule has 1 aromatic heterocycles. The van der Waals surface area contributed by atoms with Gasteiger partial charge in [-0.05, 0) is 54.5 Å². The third-order valence-electron chi connectivity index (χ3n) is 4.75. The van der Waals surface area contributed by atoms with E-state index in [4.69, 9.17) is 12.2 Å². The second-order valence-electron chi connectivity index (χ2n) is 6.26. The fourth-order valence-electron chi connectivity index (χ4n) is 3.49. The van der Waals surface area contributed by atoms with E-state index in [0.717, 1.165) is 36.8 Å². The lowest BCUT2D eigenvalue weighted by molar-refractivity contribution is 0.169. The molecule has 1 saturated carbocycles. The van der Waals surface area contributed by atoms with Gasteiger partial charge in [0.05, 0.1) is 0 Å². The van der Waals surface area contributed by atoms with E-state index in [1.54, 1.807) is 12.4 Å². The van der Waals surface area contributed by atoms with Crippen LogP contribution >= 0.6 is 12.2 Å². The zero-order valence-corrected chi connectivity index (χ0v) is 14.2. The number of pyridine rings is 1. The molecule has 3 nitrogen and oxygen atoms in total. The van der Waals surface area contributed by atoms with Crippen molar-refractivity contribution in [2.75, 3.05) is 11.9 Å². The number of rotatable bonds is 4. The molecule has 1 aromatic carbocycles. The maximum Gasteiger partial charge on any atom is 0.125 e. The van der Waals surface area contributed by atoms with Crippen LogP contribution < -0.4 is 5.32 Å². The third kappa shape index (κ3) is 3.79. The largest absolute Gasteiger partial charge is 0.396 e. The average Bonchev–Trinajstić information content (AvgIpc) is 2.62. The molecule has 2 aromatic rings. The summed E-state index contributed by atoms with van der Waals surface area (Å²) in [6, 6.07) is 8.45. The predicted octanol–water partition coefficient (Wildman–Crippen LogP) is 4.27. The number of nitrogens with zero attached hydrogens (tertiary/aromatic N) is 1. The Bertz CT molecular complexity index is 708. The highest BCUT2D eigenvalue weighted by atomic mass is 32.1. The summed E-state index contributed by atoms with van der Waals surface area (Å²) in [4.78, 5) is 4.53. The van der Waals surface area contributed by atoms with E-state index in [0.29, 0.717) is 10.7 Å². The summed E-state index contributed by atoms with van der Waals surface area (Å²) in [7, 11) is 0. The summed E-state index contributed by atoms with van der Waals surface area (Å²) in [6.07, 6.45) is 7.64. The lowest BCUT2D eigenvalue weighted by atomic mass is 9.75. The first-order valence-corrected chi connectivity index (χ1v) is 8.71. The Morgan fingerprint density at radius 2 is 1.96 bits per heavy atom. The van der Waals surface area contributed by atoms with Crippen LogP contribution in [0.15, 0.2) is 42.7 Å². The molecule has 0 saturated heterocycles. The molecule has 5 heteroatoms. The second kappa shape index (κ2) is 7.81. The van der Waals surface area contributed by atoms with E-state index in [9.17, 15) is 9.50 Å². The number of thiocarbonyl (C=S) groups is 1. The van der Waals surface area contributed by atoms with Gasteiger partial charge in [0.15, 0.2) is 0 Å². The molecule has 1 heterocycles. The van der Waals surface area contributed by atoms with Crippen molar-refractivity contribution in [2.24, 2.45) is 5.92 Å². The standard InChI is InChI=1S/C19H21FN2OS/c20-15-5-6-17(16-4-2-1-3-14(16)12-23)18(11-15)22-19(24)13-7-9-21-10-8-13/h5-11,14,16,23H,1-4,12H2,(H,22,24). The van der Waals surface area contributed by atoms with E-state index in [2.05, 4.69) is 10.3 Å². The van der Waals surface area contributed by atoms with E-state index < -0.39 is 0 Å². The summed E-state index contributed by atoms with van der Waals surface area (Å²) >= 11 is 5.45. The van der Waals surface area contributed by atoms with Crippen molar-refractivity contribution in [3.63, 3.8) is 0 Å². The van der Waals surface area contributed by atoms with E-state index >= 15 is 0 Å². The normalized spacial score (nSPS) is 20.6. The topological polar surface area (TPSA) is 45.1 Å². The van der Waals surface area contributed by atoms with Crippen molar-refractivity contribution in [1.29, 1.82) is 0 Å². The molecule has 0 amide bonds. The monoisotopic (exact) mass is 344 g/mol. The minimum atomic E-state index is -0.296. The van der Waals surface area contributed by atoms with Gasteiger partial charge in [0.1, 0.15) is 10.8 Å². The lowest BCUT2D eigenvalue weighted by Crippen LogP contribution is -2.23. The number of aliphatic hydroxyl groups excluding tert-OH is 1. The molecule has 1 aliphatic rings. The first-order chi connectivity index (χ1) is 11.7. The number of hydrogen-bond acceptors (Lipinski definition) is 3. The van der Waals surface area contributed by atoms with Gasteiger partial charge >= 0.3 is 0 Å². The van der Waals surface area contributed by atoms with Gasteiger partial charge in [0.2, 0.25) is 0 Å². The maximum absolute atomic E-state index is 13.8. The van der Waals surface area contributed by atoms with Crippen LogP contribution in [0, 0.1) is 11.7 Å². The Hall–Kier alpha value is -1.85. The van der Waals surface area contributed by atoms with Crippen LogP contribution in [-0.2, 0) is 0 Å². The minimum absolute atomic E-state index is 0.163. The molecule has 2 atom stereocenters. The van der Waals surface area contributed by atoms with Crippen molar-refractivity contribution >= 4 is 22.9 Å². The summed E-state index contributed by atoms with van der Waals surface area (Å²) in [5.41, 5.74) is 2.58. The van der Waals surface area contributed by atoms with Gasteiger partial charge in [-0.15, -0.1) is 0 Å². The van der Waals surface area contributed by atoms with Gasteiger partial charge in [-0.1, -0.05) is 31.1 Å². The highest BCUT2D eigenvalue weighted by Crippen LogP contribution is 2.40. The molecule has 3 rings (SSSR count). The van der Waals surface area contributed by atoms with Crippen LogP contribution in [0.3, 0.4) is 0 Å². The first-order valence-electron chi connectivity index (χ1n) is 8.30. The molecule has 1 fully saturated rings. The molecule has 0 aliphatic heterocycles. The SMILES string of the molecule is OCC1CCCCC1c1ccc(F)cc1NC(=S)c1ccncc1. The van der Waals surface area contributed by atoms with Crippen LogP contribution in [0.1, 0.15) is 42.7 Å². The van der Waals surface area contributed by atoms with Gasteiger partial charge in [0, 0.05) is 30.3 Å². The molecular formula is C19H21FN2OS. The van der Waals surface area contributed by atoms with Crippen molar-refractivity contribution in [3.8, 4) is 0 Å². The van der Waals surface area contributed by atoms with E-state index in [1.165, 1.54) is 12.1 Å². The smallest absolute Gasteiger partial charge is 0.125 e. The van der Waals surface area contributed by atoms with Crippen LogP contribution in [-0.4, -0.2) is 21.7 Å². The highest BCUT2D eigenvalue weighted by molar-refractivity contribution is 7.81. The van der Waals surface area contributed by atoms with Gasteiger partial charge < -0.3 is 10.4 Å². The van der Waals surface area contributed by atoms with Crippen LogP contribution in [0.2, 0.25) is 0 Å². The van der Waals surface area contributed by atoms with Crippen molar-refractivity contribution in [3.05, 3.63) is 59.7 Å². The Labute approximate surface area is 146 Å². The number of halogens is 1.